The number of carbonyl (C=O) groups excluding carboxylic acids is 3. The van der Waals surface area contributed by atoms with Crippen molar-refractivity contribution in [2.75, 3.05) is 6.26 Å². The normalized spacial score (nSPS) is 39.6. The van der Waals surface area contributed by atoms with Crippen molar-refractivity contribution in [2.45, 2.75) is 74.5 Å². The largest absolute Gasteiger partial charge is 0.507 e. The molecule has 198 valence electrons. The second-order valence-corrected chi connectivity index (χ2v) is 11.1. The molecule has 1 aliphatic heterocycles. The standard InChI is InChI=1S/C26H28O10S/c1-11-14(27)7-8-17(35-11)36-26-19-13(20(29)18-12(21(19)30)5-4-6-15(18)28)9-16(37-3)25(26,34)10-24(2,33)22(31)23(26)32/h4-6,9,11,14,17,22,27-28,31,33-34H,7-8,10H2,1-3H3/t11-,14+,17+,22-,24-,25+,26+/m1/s1. The molecule has 0 spiro atoms. The Morgan fingerprint density at radius 2 is 1.81 bits per heavy atom. The summed E-state index contributed by atoms with van der Waals surface area (Å²) in [5, 5.41) is 54.6. The maximum Gasteiger partial charge on any atom is 0.204 e. The zero-order valence-corrected chi connectivity index (χ0v) is 21.2. The number of carbonyl (C=O) groups is 3. The van der Waals surface area contributed by atoms with Gasteiger partial charge in [-0.2, -0.15) is 0 Å². The van der Waals surface area contributed by atoms with Crippen LogP contribution in [0.5, 0.6) is 5.75 Å². The topological polar surface area (TPSA) is 171 Å². The highest BCUT2D eigenvalue weighted by atomic mass is 32.2. The molecule has 3 aliphatic carbocycles. The van der Waals surface area contributed by atoms with Crippen LogP contribution in [-0.4, -0.2) is 90.5 Å². The summed E-state index contributed by atoms with van der Waals surface area (Å²) in [5.74, 6) is -3.23. The number of aliphatic hydroxyl groups is 4. The first-order valence-corrected chi connectivity index (χ1v) is 13.1. The highest BCUT2D eigenvalue weighted by Gasteiger charge is 2.73. The van der Waals surface area contributed by atoms with Gasteiger partial charge in [0.15, 0.2) is 23.5 Å². The highest BCUT2D eigenvalue weighted by Crippen LogP contribution is 2.58. The van der Waals surface area contributed by atoms with E-state index in [1.54, 1.807) is 13.2 Å². The lowest BCUT2D eigenvalue weighted by molar-refractivity contribution is -0.290. The number of thioether (sulfide) groups is 1. The zero-order valence-electron chi connectivity index (χ0n) is 20.4. The molecule has 1 aromatic rings. The number of allylic oxidation sites excluding steroid dienone is 2. The highest BCUT2D eigenvalue weighted by molar-refractivity contribution is 8.02. The summed E-state index contributed by atoms with van der Waals surface area (Å²) in [6, 6.07) is 3.94. The second-order valence-electron chi connectivity index (χ2n) is 10.2. The van der Waals surface area contributed by atoms with Crippen LogP contribution in [0.1, 0.15) is 53.8 Å². The van der Waals surface area contributed by atoms with Gasteiger partial charge in [-0.05, 0) is 38.7 Å². The van der Waals surface area contributed by atoms with Gasteiger partial charge in [-0.15, -0.1) is 11.8 Å². The number of hydrogen-bond acceptors (Lipinski definition) is 11. The van der Waals surface area contributed by atoms with Crippen LogP contribution in [0.4, 0.5) is 0 Å². The number of fused-ring (bicyclic) bond motifs is 3. The Bertz CT molecular complexity index is 1280. The molecule has 11 heteroatoms. The molecule has 0 aromatic heterocycles. The van der Waals surface area contributed by atoms with E-state index >= 15 is 0 Å². The molecule has 5 N–H and O–H groups in total. The van der Waals surface area contributed by atoms with Gasteiger partial charge < -0.3 is 35.0 Å². The molecule has 0 bridgehead atoms. The third-order valence-electron chi connectivity index (χ3n) is 7.81. The summed E-state index contributed by atoms with van der Waals surface area (Å²) in [5.41, 5.74) is -8.28. The summed E-state index contributed by atoms with van der Waals surface area (Å²) in [6.07, 6.45) is -2.22. The molecular weight excluding hydrogens is 504 g/mol. The van der Waals surface area contributed by atoms with E-state index in [2.05, 4.69) is 0 Å². The van der Waals surface area contributed by atoms with E-state index in [-0.39, 0.29) is 34.4 Å². The van der Waals surface area contributed by atoms with Gasteiger partial charge >= 0.3 is 0 Å². The Morgan fingerprint density at radius 3 is 2.46 bits per heavy atom. The molecule has 1 saturated heterocycles. The number of rotatable bonds is 3. The van der Waals surface area contributed by atoms with Crippen LogP contribution in [0.15, 0.2) is 40.3 Å². The molecule has 37 heavy (non-hydrogen) atoms. The molecule has 0 radical (unpaired) electrons. The number of aromatic hydroxyl groups is 1. The summed E-state index contributed by atoms with van der Waals surface area (Å²) in [4.78, 5) is 41.8. The minimum absolute atomic E-state index is 0.0516. The smallest absolute Gasteiger partial charge is 0.204 e. The zero-order chi connectivity index (χ0) is 27.1. The number of hydrogen-bond donors (Lipinski definition) is 5. The fourth-order valence-electron chi connectivity index (χ4n) is 5.89. The van der Waals surface area contributed by atoms with Crippen molar-refractivity contribution < 1.29 is 49.4 Å². The maximum absolute atomic E-state index is 14.1. The van der Waals surface area contributed by atoms with E-state index in [1.807, 2.05) is 0 Å². The predicted molar refractivity (Wildman–Crippen MR) is 130 cm³/mol. The Balaban J connectivity index is 1.80. The van der Waals surface area contributed by atoms with Gasteiger partial charge in [0, 0.05) is 28.9 Å². The average Bonchev–Trinajstić information content (AvgIpc) is 2.83. The van der Waals surface area contributed by atoms with Crippen LogP contribution in [-0.2, 0) is 14.3 Å². The lowest BCUT2D eigenvalue weighted by atomic mass is 9.56. The van der Waals surface area contributed by atoms with Crippen LogP contribution in [0.25, 0.3) is 0 Å². The van der Waals surface area contributed by atoms with Crippen molar-refractivity contribution in [1.29, 1.82) is 0 Å². The number of phenolic OH excluding ortho intramolecular Hbond substituents is 1. The van der Waals surface area contributed by atoms with E-state index in [0.717, 1.165) is 11.8 Å². The SMILES string of the molecule is CSC1=CC2=C(C(=O)c3cccc(O)c3C2=O)[C@]2(O[C@H]3CC[C@H](O)[C@@H](C)O3)C(=O)[C@@H](O)[C@](C)(O)C[C@]12O. The van der Waals surface area contributed by atoms with Crippen LogP contribution in [0.3, 0.4) is 0 Å². The van der Waals surface area contributed by atoms with E-state index in [4.69, 9.17) is 9.47 Å². The van der Waals surface area contributed by atoms with Crippen LogP contribution >= 0.6 is 11.8 Å². The molecular formula is C26H28O10S. The number of phenols is 1. The van der Waals surface area contributed by atoms with Gasteiger partial charge in [-0.1, -0.05) is 12.1 Å². The lowest BCUT2D eigenvalue weighted by Gasteiger charge is -2.58. The molecule has 1 aromatic carbocycles. The number of ketones is 3. The number of aliphatic hydroxyl groups excluding tert-OH is 2. The van der Waals surface area contributed by atoms with Crippen molar-refractivity contribution in [3.05, 3.63) is 51.5 Å². The van der Waals surface area contributed by atoms with E-state index in [1.165, 1.54) is 31.2 Å². The summed E-state index contributed by atoms with van der Waals surface area (Å²) >= 11 is 0.985. The van der Waals surface area contributed by atoms with Gasteiger partial charge in [0.2, 0.25) is 5.78 Å². The summed E-state index contributed by atoms with van der Waals surface area (Å²) < 4.78 is 12.0. The fourth-order valence-corrected chi connectivity index (χ4v) is 6.67. The lowest BCUT2D eigenvalue weighted by Crippen LogP contribution is -2.76. The van der Waals surface area contributed by atoms with Crippen molar-refractivity contribution in [3.63, 3.8) is 0 Å². The fraction of sp³-hybridized carbons (Fsp3) is 0.500. The summed E-state index contributed by atoms with van der Waals surface area (Å²) in [7, 11) is 0. The van der Waals surface area contributed by atoms with Gasteiger partial charge in [-0.25, -0.2) is 0 Å². The van der Waals surface area contributed by atoms with Crippen LogP contribution in [0, 0.1) is 0 Å². The van der Waals surface area contributed by atoms with Gasteiger partial charge in [0.25, 0.3) is 0 Å². The molecule has 0 amide bonds. The van der Waals surface area contributed by atoms with Crippen LogP contribution < -0.4 is 0 Å². The predicted octanol–water partition coefficient (Wildman–Crippen LogP) is 0.785. The molecule has 5 rings (SSSR count). The van der Waals surface area contributed by atoms with E-state index in [0.29, 0.717) is 0 Å². The first-order chi connectivity index (χ1) is 17.3. The van der Waals surface area contributed by atoms with E-state index in [9.17, 15) is 39.9 Å². The van der Waals surface area contributed by atoms with Crippen molar-refractivity contribution in [1.82, 2.24) is 0 Å². The van der Waals surface area contributed by atoms with Crippen molar-refractivity contribution in [3.8, 4) is 5.75 Å². The minimum atomic E-state index is -2.63. The molecule has 1 saturated carbocycles. The number of ether oxygens (including phenoxy) is 2. The third kappa shape index (κ3) is 3.46. The van der Waals surface area contributed by atoms with Crippen molar-refractivity contribution >= 4 is 29.1 Å². The monoisotopic (exact) mass is 532 g/mol. The van der Waals surface area contributed by atoms with Crippen molar-refractivity contribution in [2.24, 2.45) is 0 Å². The van der Waals surface area contributed by atoms with Gasteiger partial charge in [-0.3, -0.25) is 14.4 Å². The van der Waals surface area contributed by atoms with Gasteiger partial charge in [0.05, 0.1) is 28.9 Å². The summed E-state index contributed by atoms with van der Waals surface area (Å²) in [6.45, 7) is 2.79. The Hall–Kier alpha value is -2.38. The number of Topliss-reactive ketones (excluding diaryl/α,β-unsaturated/α-hetero) is 3. The average molecular weight is 533 g/mol. The Labute approximate surface area is 216 Å². The first kappa shape index (κ1) is 26.2. The Morgan fingerprint density at radius 1 is 1.11 bits per heavy atom. The maximum atomic E-state index is 14.1. The second kappa shape index (κ2) is 8.57. The Kier molecular flexibility index (Phi) is 6.07. The quantitative estimate of drug-likeness (QED) is 0.373. The molecule has 2 fully saturated rings. The van der Waals surface area contributed by atoms with E-state index < -0.39 is 76.5 Å². The molecule has 1 heterocycles. The minimum Gasteiger partial charge on any atom is -0.507 e. The third-order valence-corrected chi connectivity index (χ3v) is 8.70. The molecule has 4 aliphatic rings. The molecule has 7 atom stereocenters. The molecule has 10 nitrogen and oxygen atoms in total. The van der Waals surface area contributed by atoms with Crippen LogP contribution in [0.2, 0.25) is 0 Å². The number of benzene rings is 1. The van der Waals surface area contributed by atoms with Gasteiger partial charge in [0.1, 0.15) is 17.5 Å². The first-order valence-electron chi connectivity index (χ1n) is 11.9. The molecule has 0 unspecified atom stereocenters.